The van der Waals surface area contributed by atoms with E-state index < -0.39 is 0 Å². The molecule has 4 nitrogen and oxygen atoms in total. The summed E-state index contributed by atoms with van der Waals surface area (Å²) in [5.41, 5.74) is 0. The summed E-state index contributed by atoms with van der Waals surface area (Å²) in [5.74, 6) is 0.117. The van der Waals surface area contributed by atoms with Gasteiger partial charge in [0.05, 0.1) is 17.1 Å². The van der Waals surface area contributed by atoms with Gasteiger partial charge < -0.3 is 14.4 Å². The first-order valence-corrected chi connectivity index (χ1v) is 8.27. The fourth-order valence-electron chi connectivity index (χ4n) is 2.86. The maximum atomic E-state index is 12.6. The Morgan fingerprint density at radius 1 is 1.20 bits per heavy atom. The summed E-state index contributed by atoms with van der Waals surface area (Å²) in [4.78, 5) is 15.3. The molecular formula is C15H21NO3S. The Labute approximate surface area is 123 Å². The van der Waals surface area contributed by atoms with Crippen LogP contribution in [0.25, 0.3) is 0 Å². The molecule has 3 rings (SSSR count). The minimum Gasteiger partial charge on any atom is -0.376 e. The monoisotopic (exact) mass is 295 g/mol. The summed E-state index contributed by atoms with van der Waals surface area (Å²) < 4.78 is 11.4. The van der Waals surface area contributed by atoms with E-state index >= 15 is 0 Å². The van der Waals surface area contributed by atoms with E-state index in [0.717, 1.165) is 43.8 Å². The molecule has 0 bridgehead atoms. The van der Waals surface area contributed by atoms with Crippen molar-refractivity contribution in [2.24, 2.45) is 0 Å². The molecule has 0 saturated carbocycles. The molecule has 0 aromatic carbocycles. The number of hydrogen-bond acceptors (Lipinski definition) is 4. The lowest BCUT2D eigenvalue weighted by Gasteiger charge is -2.27. The maximum absolute atomic E-state index is 12.6. The van der Waals surface area contributed by atoms with Crippen molar-refractivity contribution in [2.75, 3.05) is 26.3 Å². The van der Waals surface area contributed by atoms with Crippen LogP contribution < -0.4 is 0 Å². The molecule has 0 spiro atoms. The van der Waals surface area contributed by atoms with E-state index in [0.29, 0.717) is 13.1 Å². The van der Waals surface area contributed by atoms with Crippen LogP contribution in [0, 0.1) is 0 Å². The first-order chi connectivity index (χ1) is 9.83. The third-order valence-corrected chi connectivity index (χ3v) is 4.77. The van der Waals surface area contributed by atoms with E-state index in [4.69, 9.17) is 9.47 Å². The zero-order valence-electron chi connectivity index (χ0n) is 11.6. The minimum absolute atomic E-state index is 0.117. The van der Waals surface area contributed by atoms with Gasteiger partial charge in [0.25, 0.3) is 5.91 Å². The number of nitrogens with zero attached hydrogens (tertiary/aromatic N) is 1. The van der Waals surface area contributed by atoms with Gasteiger partial charge in [0.15, 0.2) is 0 Å². The molecule has 3 heterocycles. The lowest BCUT2D eigenvalue weighted by Crippen LogP contribution is -2.41. The predicted octanol–water partition coefficient (Wildman–Crippen LogP) is 2.55. The number of ether oxygens (including phenoxy) is 2. The SMILES string of the molecule is O=C(c1cccs1)N(CC1CCCO1)CC1CCCO1. The Balaban J connectivity index is 1.66. The van der Waals surface area contributed by atoms with Crippen molar-refractivity contribution in [3.8, 4) is 0 Å². The lowest BCUT2D eigenvalue weighted by molar-refractivity contribution is 0.0310. The molecule has 2 fully saturated rings. The molecule has 0 radical (unpaired) electrons. The van der Waals surface area contributed by atoms with Gasteiger partial charge in [-0.1, -0.05) is 6.07 Å². The smallest absolute Gasteiger partial charge is 0.264 e. The molecule has 1 amide bonds. The van der Waals surface area contributed by atoms with Gasteiger partial charge in [0.1, 0.15) is 0 Å². The number of carbonyl (C=O) groups excluding carboxylic acids is 1. The first kappa shape index (κ1) is 14.0. The van der Waals surface area contributed by atoms with E-state index in [1.165, 1.54) is 11.3 Å². The van der Waals surface area contributed by atoms with E-state index in [2.05, 4.69) is 0 Å². The standard InChI is InChI=1S/C15H21NO3S/c17-15(14-6-3-9-20-14)16(10-12-4-1-7-18-12)11-13-5-2-8-19-13/h3,6,9,12-13H,1-2,4-5,7-8,10-11H2. The van der Waals surface area contributed by atoms with Crippen molar-refractivity contribution >= 4 is 17.2 Å². The van der Waals surface area contributed by atoms with Crippen LogP contribution in [0.1, 0.15) is 35.4 Å². The molecule has 0 N–H and O–H groups in total. The third kappa shape index (κ3) is 3.40. The molecule has 2 saturated heterocycles. The molecule has 2 atom stereocenters. The lowest BCUT2D eigenvalue weighted by atomic mass is 10.2. The van der Waals surface area contributed by atoms with Gasteiger partial charge in [0.2, 0.25) is 0 Å². The molecule has 20 heavy (non-hydrogen) atoms. The second-order valence-corrected chi connectivity index (χ2v) is 6.41. The Kier molecular flexibility index (Phi) is 4.70. The fraction of sp³-hybridized carbons (Fsp3) is 0.667. The van der Waals surface area contributed by atoms with Crippen LogP contribution in [0.2, 0.25) is 0 Å². The topological polar surface area (TPSA) is 38.8 Å². The number of rotatable bonds is 5. The Hall–Kier alpha value is -0.910. The van der Waals surface area contributed by atoms with Gasteiger partial charge >= 0.3 is 0 Å². The first-order valence-electron chi connectivity index (χ1n) is 7.39. The predicted molar refractivity (Wildman–Crippen MR) is 78.2 cm³/mol. The highest BCUT2D eigenvalue weighted by Gasteiger charge is 2.27. The van der Waals surface area contributed by atoms with Gasteiger partial charge in [-0.2, -0.15) is 0 Å². The number of carbonyl (C=O) groups is 1. The van der Waals surface area contributed by atoms with E-state index in [1.807, 2.05) is 22.4 Å². The quantitative estimate of drug-likeness (QED) is 0.838. The summed E-state index contributed by atoms with van der Waals surface area (Å²) in [7, 11) is 0. The summed E-state index contributed by atoms with van der Waals surface area (Å²) in [6.07, 6.45) is 4.71. The van der Waals surface area contributed by atoms with Gasteiger partial charge in [-0.15, -0.1) is 11.3 Å². The van der Waals surface area contributed by atoms with Crippen LogP contribution in [0.5, 0.6) is 0 Å². The van der Waals surface area contributed by atoms with Crippen LogP contribution in [0.15, 0.2) is 17.5 Å². The second-order valence-electron chi connectivity index (χ2n) is 5.46. The van der Waals surface area contributed by atoms with E-state index in [9.17, 15) is 4.79 Å². The van der Waals surface area contributed by atoms with Crippen molar-refractivity contribution in [3.63, 3.8) is 0 Å². The summed E-state index contributed by atoms with van der Waals surface area (Å²) in [6.45, 7) is 3.03. The number of amides is 1. The Bertz CT molecular complexity index is 404. The Morgan fingerprint density at radius 3 is 2.30 bits per heavy atom. The van der Waals surface area contributed by atoms with Crippen molar-refractivity contribution in [1.29, 1.82) is 0 Å². The van der Waals surface area contributed by atoms with Crippen LogP contribution in [-0.4, -0.2) is 49.3 Å². The molecule has 110 valence electrons. The summed E-state index contributed by atoms with van der Waals surface area (Å²) in [6, 6.07) is 3.82. The molecular weight excluding hydrogens is 274 g/mol. The van der Waals surface area contributed by atoms with E-state index in [1.54, 1.807) is 0 Å². The van der Waals surface area contributed by atoms with Crippen LogP contribution in [0.4, 0.5) is 0 Å². The van der Waals surface area contributed by atoms with Crippen molar-refractivity contribution in [1.82, 2.24) is 4.90 Å². The van der Waals surface area contributed by atoms with Gasteiger partial charge in [-0.05, 0) is 37.1 Å². The van der Waals surface area contributed by atoms with Crippen LogP contribution in [0.3, 0.4) is 0 Å². The molecule has 2 aliphatic rings. The molecule has 1 aromatic rings. The zero-order valence-corrected chi connectivity index (χ0v) is 12.4. The molecule has 1 aromatic heterocycles. The van der Waals surface area contributed by atoms with Crippen molar-refractivity contribution in [2.45, 2.75) is 37.9 Å². The highest BCUT2D eigenvalue weighted by atomic mass is 32.1. The zero-order chi connectivity index (χ0) is 13.8. The van der Waals surface area contributed by atoms with Crippen molar-refractivity contribution in [3.05, 3.63) is 22.4 Å². The minimum atomic E-state index is 0.117. The number of thiophene rings is 1. The van der Waals surface area contributed by atoms with Gasteiger partial charge in [0, 0.05) is 26.3 Å². The van der Waals surface area contributed by atoms with Gasteiger partial charge in [-0.3, -0.25) is 4.79 Å². The fourth-order valence-corrected chi connectivity index (χ4v) is 3.56. The molecule has 2 unspecified atom stereocenters. The summed E-state index contributed by atoms with van der Waals surface area (Å²) >= 11 is 1.50. The van der Waals surface area contributed by atoms with Crippen LogP contribution in [-0.2, 0) is 9.47 Å². The highest BCUT2D eigenvalue weighted by molar-refractivity contribution is 7.12. The largest absolute Gasteiger partial charge is 0.376 e. The Morgan fingerprint density at radius 2 is 1.85 bits per heavy atom. The average molecular weight is 295 g/mol. The average Bonchev–Trinajstić information content (AvgIpc) is 3.20. The van der Waals surface area contributed by atoms with E-state index in [-0.39, 0.29) is 18.1 Å². The highest BCUT2D eigenvalue weighted by Crippen LogP contribution is 2.20. The summed E-state index contributed by atoms with van der Waals surface area (Å²) in [5, 5.41) is 1.95. The number of hydrogen-bond donors (Lipinski definition) is 0. The maximum Gasteiger partial charge on any atom is 0.264 e. The van der Waals surface area contributed by atoms with Gasteiger partial charge in [-0.25, -0.2) is 0 Å². The molecule has 5 heteroatoms. The molecule has 2 aliphatic heterocycles. The molecule has 0 aliphatic carbocycles. The normalized spacial score (nSPS) is 26.0. The third-order valence-electron chi connectivity index (χ3n) is 3.92. The van der Waals surface area contributed by atoms with Crippen molar-refractivity contribution < 1.29 is 14.3 Å². The second kappa shape index (κ2) is 6.70. The van der Waals surface area contributed by atoms with Crippen LogP contribution >= 0.6 is 11.3 Å².